The Morgan fingerprint density at radius 3 is 2.47 bits per heavy atom. The van der Waals surface area contributed by atoms with E-state index in [9.17, 15) is 0 Å². The van der Waals surface area contributed by atoms with Crippen LogP contribution in [0.3, 0.4) is 0 Å². The van der Waals surface area contributed by atoms with Crippen LogP contribution in [0.15, 0.2) is 36.5 Å². The van der Waals surface area contributed by atoms with Gasteiger partial charge in [-0.1, -0.05) is 41.9 Å². The summed E-state index contributed by atoms with van der Waals surface area (Å²) < 4.78 is 1.94. The van der Waals surface area contributed by atoms with Crippen LogP contribution in [0.2, 0.25) is 5.02 Å². The lowest BCUT2D eigenvalue weighted by atomic mass is 10.1. The molecule has 1 aromatic heterocycles. The van der Waals surface area contributed by atoms with Crippen molar-refractivity contribution >= 4 is 11.6 Å². The molecule has 0 spiro atoms. The minimum absolute atomic E-state index is 0.165. The quantitative estimate of drug-likeness (QED) is 0.832. The fourth-order valence-electron chi connectivity index (χ4n) is 1.71. The Morgan fingerprint density at radius 1 is 1.24 bits per heavy atom. The highest BCUT2D eigenvalue weighted by atomic mass is 35.5. The van der Waals surface area contributed by atoms with Crippen LogP contribution in [0.1, 0.15) is 13.1 Å². The van der Waals surface area contributed by atoms with Crippen LogP contribution in [0.25, 0.3) is 11.3 Å². The van der Waals surface area contributed by atoms with Gasteiger partial charge < -0.3 is 0 Å². The van der Waals surface area contributed by atoms with Crippen molar-refractivity contribution < 1.29 is 0 Å². The Labute approximate surface area is 107 Å². The van der Waals surface area contributed by atoms with Gasteiger partial charge in [-0.2, -0.15) is 5.10 Å². The van der Waals surface area contributed by atoms with E-state index in [1.807, 2.05) is 49.1 Å². The maximum atomic E-state index is 6.23. The van der Waals surface area contributed by atoms with Crippen LogP contribution >= 0.6 is 11.6 Å². The second kappa shape index (κ2) is 4.90. The molecule has 0 aliphatic carbocycles. The Morgan fingerprint density at radius 2 is 1.88 bits per heavy atom. The van der Waals surface area contributed by atoms with Crippen molar-refractivity contribution in [2.24, 2.45) is 0 Å². The zero-order valence-corrected chi connectivity index (χ0v) is 11.0. The van der Waals surface area contributed by atoms with Gasteiger partial charge in [0.15, 0.2) is 0 Å². The summed E-state index contributed by atoms with van der Waals surface area (Å²) >= 11 is 6.23. The normalized spacial score (nSPS) is 13.0. The molecule has 90 valence electrons. The van der Waals surface area contributed by atoms with Crippen molar-refractivity contribution in [3.63, 3.8) is 0 Å². The van der Waals surface area contributed by atoms with Gasteiger partial charge in [0, 0.05) is 5.56 Å². The van der Waals surface area contributed by atoms with E-state index in [2.05, 4.69) is 16.9 Å². The Hall–Kier alpha value is -1.32. The van der Waals surface area contributed by atoms with E-state index in [4.69, 9.17) is 11.6 Å². The van der Waals surface area contributed by atoms with Gasteiger partial charge in [-0.25, -0.2) is 4.68 Å². The number of benzene rings is 1. The monoisotopic (exact) mass is 249 g/mol. The van der Waals surface area contributed by atoms with Crippen LogP contribution < -0.4 is 0 Å². The molecule has 0 aliphatic heterocycles. The molecule has 3 nitrogen and oxygen atoms in total. The van der Waals surface area contributed by atoms with Crippen molar-refractivity contribution in [3.05, 3.63) is 41.6 Å². The van der Waals surface area contributed by atoms with Gasteiger partial charge in [0.05, 0.1) is 16.9 Å². The van der Waals surface area contributed by atoms with Crippen molar-refractivity contribution in [1.29, 1.82) is 0 Å². The summed E-state index contributed by atoms with van der Waals surface area (Å²) in [6.07, 6.45) is 1.86. The largest absolute Gasteiger partial charge is 0.288 e. The zero-order chi connectivity index (χ0) is 12.4. The number of aromatic nitrogens is 2. The molecule has 1 atom stereocenters. The molecule has 1 heterocycles. The maximum absolute atomic E-state index is 6.23. The van der Waals surface area contributed by atoms with Crippen molar-refractivity contribution in [3.8, 4) is 11.3 Å². The topological polar surface area (TPSA) is 21.1 Å². The third kappa shape index (κ3) is 2.35. The van der Waals surface area contributed by atoms with E-state index in [1.54, 1.807) is 6.20 Å². The first-order chi connectivity index (χ1) is 8.11. The van der Waals surface area contributed by atoms with Crippen LogP contribution in [-0.4, -0.2) is 28.8 Å². The zero-order valence-electron chi connectivity index (χ0n) is 10.3. The number of rotatable bonds is 3. The molecule has 4 heteroatoms. The average molecular weight is 250 g/mol. The first-order valence-electron chi connectivity index (χ1n) is 5.56. The van der Waals surface area contributed by atoms with Crippen molar-refractivity contribution in [2.45, 2.75) is 13.1 Å². The molecule has 0 N–H and O–H groups in total. The summed E-state index contributed by atoms with van der Waals surface area (Å²) in [5.41, 5.74) is 2.05. The summed E-state index contributed by atoms with van der Waals surface area (Å²) in [6.45, 7) is 2.09. The predicted molar refractivity (Wildman–Crippen MR) is 71.1 cm³/mol. The average Bonchev–Trinajstić information content (AvgIpc) is 2.71. The van der Waals surface area contributed by atoms with Gasteiger partial charge in [-0.3, -0.25) is 4.90 Å². The molecular weight excluding hydrogens is 234 g/mol. The lowest BCUT2D eigenvalue weighted by Crippen LogP contribution is -2.24. The number of hydrogen-bond donors (Lipinski definition) is 0. The van der Waals surface area contributed by atoms with Crippen LogP contribution in [0, 0.1) is 0 Å². The second-order valence-corrected chi connectivity index (χ2v) is 4.65. The Kier molecular flexibility index (Phi) is 3.50. The Balaban J connectivity index is 2.51. The van der Waals surface area contributed by atoms with E-state index in [1.165, 1.54) is 0 Å². The summed E-state index contributed by atoms with van der Waals surface area (Å²) in [7, 11) is 4.05. The predicted octanol–water partition coefficient (Wildman–Crippen LogP) is 3.28. The van der Waals surface area contributed by atoms with Gasteiger partial charge >= 0.3 is 0 Å². The van der Waals surface area contributed by atoms with Gasteiger partial charge in [-0.15, -0.1) is 0 Å². The SMILES string of the molecule is CC(N(C)C)n1ncc(Cl)c1-c1ccccc1. The van der Waals surface area contributed by atoms with E-state index < -0.39 is 0 Å². The standard InChI is InChI=1S/C13H16ClN3/c1-10(16(2)3)17-13(12(14)9-15-17)11-7-5-4-6-8-11/h4-10H,1-3H3. The molecule has 0 bridgehead atoms. The van der Waals surface area contributed by atoms with E-state index in [0.717, 1.165) is 11.3 Å². The molecule has 0 saturated carbocycles. The van der Waals surface area contributed by atoms with Gasteiger partial charge in [0.2, 0.25) is 0 Å². The first kappa shape index (κ1) is 12.1. The highest BCUT2D eigenvalue weighted by molar-refractivity contribution is 6.33. The van der Waals surface area contributed by atoms with Crippen LogP contribution in [0.5, 0.6) is 0 Å². The van der Waals surface area contributed by atoms with Crippen molar-refractivity contribution in [1.82, 2.24) is 14.7 Å². The minimum atomic E-state index is 0.165. The fraction of sp³-hybridized carbons (Fsp3) is 0.308. The summed E-state index contributed by atoms with van der Waals surface area (Å²) in [6, 6.07) is 10.1. The summed E-state index contributed by atoms with van der Waals surface area (Å²) in [4.78, 5) is 2.09. The lowest BCUT2D eigenvalue weighted by Gasteiger charge is -2.22. The van der Waals surface area contributed by atoms with Crippen LogP contribution in [0.4, 0.5) is 0 Å². The molecule has 17 heavy (non-hydrogen) atoms. The molecule has 0 saturated heterocycles. The second-order valence-electron chi connectivity index (χ2n) is 4.25. The number of nitrogens with zero attached hydrogens (tertiary/aromatic N) is 3. The lowest BCUT2D eigenvalue weighted by molar-refractivity contribution is 0.223. The minimum Gasteiger partial charge on any atom is -0.288 e. The third-order valence-corrected chi connectivity index (χ3v) is 3.18. The maximum Gasteiger partial charge on any atom is 0.101 e. The molecule has 1 aromatic carbocycles. The Bertz CT molecular complexity index is 491. The molecule has 0 aliphatic rings. The van der Waals surface area contributed by atoms with Crippen molar-refractivity contribution in [2.75, 3.05) is 14.1 Å². The highest BCUT2D eigenvalue weighted by Gasteiger charge is 2.16. The van der Waals surface area contributed by atoms with E-state index in [-0.39, 0.29) is 6.17 Å². The highest BCUT2D eigenvalue weighted by Crippen LogP contribution is 2.30. The van der Waals surface area contributed by atoms with Crippen LogP contribution in [-0.2, 0) is 0 Å². The number of halogens is 1. The molecule has 0 fully saturated rings. The van der Waals surface area contributed by atoms with E-state index >= 15 is 0 Å². The molecule has 0 radical (unpaired) electrons. The van der Waals surface area contributed by atoms with Gasteiger partial charge in [0.1, 0.15) is 6.17 Å². The summed E-state index contributed by atoms with van der Waals surface area (Å²) in [5, 5.41) is 5.04. The molecule has 2 aromatic rings. The van der Waals surface area contributed by atoms with Gasteiger partial charge in [-0.05, 0) is 21.0 Å². The fourth-order valence-corrected chi connectivity index (χ4v) is 1.95. The smallest absolute Gasteiger partial charge is 0.101 e. The first-order valence-corrected chi connectivity index (χ1v) is 5.94. The molecular formula is C13H16ClN3. The summed E-state index contributed by atoms with van der Waals surface area (Å²) in [5.74, 6) is 0. The molecule has 2 rings (SSSR count). The third-order valence-electron chi connectivity index (χ3n) is 2.90. The molecule has 1 unspecified atom stereocenters. The molecule has 0 amide bonds. The van der Waals surface area contributed by atoms with E-state index in [0.29, 0.717) is 5.02 Å². The van der Waals surface area contributed by atoms with Gasteiger partial charge in [0.25, 0.3) is 0 Å². The number of hydrogen-bond acceptors (Lipinski definition) is 2.